The van der Waals surface area contributed by atoms with E-state index in [9.17, 15) is 9.18 Å². The first-order valence-corrected chi connectivity index (χ1v) is 8.11. The highest BCUT2D eigenvalue weighted by Crippen LogP contribution is 2.20. The van der Waals surface area contributed by atoms with Crippen LogP contribution in [0.2, 0.25) is 5.02 Å². The summed E-state index contributed by atoms with van der Waals surface area (Å²) >= 11 is 5.96. The normalized spacial score (nSPS) is 12.5. The summed E-state index contributed by atoms with van der Waals surface area (Å²) in [4.78, 5) is 13.4. The number of quaternary nitrogens is 1. The van der Waals surface area contributed by atoms with Crippen molar-refractivity contribution < 1.29 is 14.1 Å². The SMILES string of the molecule is C[NH+](C)C[C@H](NC(=O)/C=C/c1c(F)cccc1Cl)c1ccccc1. The Balaban J connectivity index is 2.12. The highest BCUT2D eigenvalue weighted by atomic mass is 35.5. The minimum Gasteiger partial charge on any atom is -0.340 e. The number of hydrogen-bond acceptors (Lipinski definition) is 1. The summed E-state index contributed by atoms with van der Waals surface area (Å²) < 4.78 is 13.7. The average molecular weight is 348 g/mol. The molecule has 126 valence electrons. The molecule has 5 heteroatoms. The first-order valence-electron chi connectivity index (χ1n) is 7.74. The number of rotatable bonds is 6. The van der Waals surface area contributed by atoms with Gasteiger partial charge < -0.3 is 10.2 Å². The number of carbonyl (C=O) groups excluding carboxylic acids is 1. The fraction of sp³-hybridized carbons (Fsp3) is 0.211. The molecule has 0 saturated heterocycles. The minimum atomic E-state index is -0.455. The summed E-state index contributed by atoms with van der Waals surface area (Å²) in [6.07, 6.45) is 2.71. The van der Waals surface area contributed by atoms with E-state index in [0.29, 0.717) is 0 Å². The van der Waals surface area contributed by atoms with Crippen molar-refractivity contribution in [2.45, 2.75) is 6.04 Å². The van der Waals surface area contributed by atoms with Crippen molar-refractivity contribution in [1.82, 2.24) is 5.32 Å². The number of amides is 1. The van der Waals surface area contributed by atoms with Crippen LogP contribution in [0, 0.1) is 5.82 Å². The lowest BCUT2D eigenvalue weighted by molar-refractivity contribution is -0.860. The first kappa shape index (κ1) is 18.2. The number of hydrogen-bond donors (Lipinski definition) is 2. The van der Waals surface area contributed by atoms with Gasteiger partial charge in [0.2, 0.25) is 5.91 Å². The maximum Gasteiger partial charge on any atom is 0.244 e. The molecule has 2 aromatic carbocycles. The Kier molecular flexibility index (Phi) is 6.53. The van der Waals surface area contributed by atoms with Gasteiger partial charge in [-0.3, -0.25) is 4.79 Å². The number of likely N-dealkylation sites (N-methyl/N-ethyl adjacent to an activating group) is 1. The van der Waals surface area contributed by atoms with E-state index in [0.717, 1.165) is 12.1 Å². The predicted octanol–water partition coefficient (Wildman–Crippen LogP) is 2.49. The Morgan fingerprint density at radius 3 is 2.54 bits per heavy atom. The molecule has 3 nitrogen and oxygen atoms in total. The van der Waals surface area contributed by atoms with Crippen LogP contribution in [0.5, 0.6) is 0 Å². The van der Waals surface area contributed by atoms with Gasteiger partial charge in [0, 0.05) is 11.6 Å². The molecule has 1 atom stereocenters. The highest BCUT2D eigenvalue weighted by molar-refractivity contribution is 6.32. The van der Waals surface area contributed by atoms with Crippen LogP contribution < -0.4 is 10.2 Å². The van der Waals surface area contributed by atoms with E-state index >= 15 is 0 Å². The molecule has 1 amide bonds. The smallest absolute Gasteiger partial charge is 0.244 e. The lowest BCUT2D eigenvalue weighted by atomic mass is 10.1. The largest absolute Gasteiger partial charge is 0.340 e. The Morgan fingerprint density at radius 2 is 1.92 bits per heavy atom. The van der Waals surface area contributed by atoms with Gasteiger partial charge in [-0.2, -0.15) is 0 Å². The summed E-state index contributed by atoms with van der Waals surface area (Å²) in [5.41, 5.74) is 1.24. The van der Waals surface area contributed by atoms with Gasteiger partial charge in [0.05, 0.1) is 19.1 Å². The Hall–Kier alpha value is -2.17. The molecule has 0 heterocycles. The second-order valence-electron chi connectivity index (χ2n) is 5.85. The van der Waals surface area contributed by atoms with E-state index in [2.05, 4.69) is 5.32 Å². The summed E-state index contributed by atoms with van der Waals surface area (Å²) in [7, 11) is 4.05. The maximum atomic E-state index is 13.7. The molecule has 0 bridgehead atoms. The van der Waals surface area contributed by atoms with Crippen molar-refractivity contribution in [3.05, 3.63) is 76.6 Å². The van der Waals surface area contributed by atoms with E-state index in [4.69, 9.17) is 11.6 Å². The Labute approximate surface area is 146 Å². The van der Waals surface area contributed by atoms with Gasteiger partial charge in [-0.25, -0.2) is 4.39 Å². The summed E-state index contributed by atoms with van der Waals surface area (Å²) in [5, 5.41) is 3.24. The summed E-state index contributed by atoms with van der Waals surface area (Å²) in [5.74, 6) is -0.742. The third-order valence-corrected chi connectivity index (χ3v) is 3.86. The van der Waals surface area contributed by atoms with Gasteiger partial charge >= 0.3 is 0 Å². The number of carbonyl (C=O) groups is 1. The molecule has 2 aromatic rings. The molecule has 0 unspecified atom stereocenters. The molecular formula is C19H21ClFN2O+. The van der Waals surface area contributed by atoms with Crippen LogP contribution in [0.1, 0.15) is 17.2 Å². The average Bonchev–Trinajstić information content (AvgIpc) is 2.54. The number of halogens is 2. The monoisotopic (exact) mass is 347 g/mol. The Bertz CT molecular complexity index is 696. The summed E-state index contributed by atoms with van der Waals surface area (Å²) in [6, 6.07) is 14.1. The van der Waals surface area contributed by atoms with Crippen molar-refractivity contribution in [2.24, 2.45) is 0 Å². The van der Waals surface area contributed by atoms with Crippen LogP contribution in [-0.2, 0) is 4.79 Å². The molecule has 0 spiro atoms. The topological polar surface area (TPSA) is 33.5 Å². The predicted molar refractivity (Wildman–Crippen MR) is 95.4 cm³/mol. The zero-order valence-corrected chi connectivity index (χ0v) is 14.5. The van der Waals surface area contributed by atoms with Crippen molar-refractivity contribution in [2.75, 3.05) is 20.6 Å². The second-order valence-corrected chi connectivity index (χ2v) is 6.26. The number of benzene rings is 2. The fourth-order valence-corrected chi connectivity index (χ4v) is 2.62. The van der Waals surface area contributed by atoms with E-state index < -0.39 is 5.82 Å². The van der Waals surface area contributed by atoms with Gasteiger partial charge in [-0.05, 0) is 23.8 Å². The maximum absolute atomic E-state index is 13.7. The second kappa shape index (κ2) is 8.62. The first-order chi connectivity index (χ1) is 11.5. The van der Waals surface area contributed by atoms with Crippen LogP contribution in [0.25, 0.3) is 6.08 Å². The van der Waals surface area contributed by atoms with Crippen molar-refractivity contribution >= 4 is 23.6 Å². The van der Waals surface area contributed by atoms with Gasteiger partial charge in [0.1, 0.15) is 18.4 Å². The van der Waals surface area contributed by atoms with Crippen molar-refractivity contribution in [3.8, 4) is 0 Å². The quantitative estimate of drug-likeness (QED) is 0.773. The molecule has 0 aliphatic carbocycles. The molecule has 0 radical (unpaired) electrons. The molecule has 2 rings (SSSR count). The molecule has 24 heavy (non-hydrogen) atoms. The fourth-order valence-electron chi connectivity index (χ4n) is 2.39. The lowest BCUT2D eigenvalue weighted by Crippen LogP contribution is -3.06. The minimum absolute atomic E-state index is 0.121. The molecule has 2 N–H and O–H groups in total. The van der Waals surface area contributed by atoms with E-state index in [-0.39, 0.29) is 22.5 Å². The van der Waals surface area contributed by atoms with E-state index in [1.54, 1.807) is 6.07 Å². The molecular weight excluding hydrogens is 327 g/mol. The Morgan fingerprint density at radius 1 is 1.21 bits per heavy atom. The zero-order valence-electron chi connectivity index (χ0n) is 13.7. The van der Waals surface area contributed by atoms with Gasteiger partial charge in [0.25, 0.3) is 0 Å². The van der Waals surface area contributed by atoms with E-state index in [1.165, 1.54) is 29.2 Å². The van der Waals surface area contributed by atoms with Gasteiger partial charge in [-0.1, -0.05) is 48.0 Å². The van der Waals surface area contributed by atoms with Crippen LogP contribution in [0.4, 0.5) is 4.39 Å². The van der Waals surface area contributed by atoms with Gasteiger partial charge in [-0.15, -0.1) is 0 Å². The molecule has 0 aromatic heterocycles. The zero-order chi connectivity index (χ0) is 17.5. The molecule has 0 fully saturated rings. The summed E-state index contributed by atoms with van der Waals surface area (Å²) in [6.45, 7) is 0.740. The van der Waals surface area contributed by atoms with Crippen molar-refractivity contribution in [3.63, 3.8) is 0 Å². The highest BCUT2D eigenvalue weighted by Gasteiger charge is 2.16. The van der Waals surface area contributed by atoms with Crippen LogP contribution in [0.3, 0.4) is 0 Å². The third-order valence-electron chi connectivity index (χ3n) is 3.53. The van der Waals surface area contributed by atoms with Crippen molar-refractivity contribution in [1.29, 1.82) is 0 Å². The van der Waals surface area contributed by atoms with Crippen LogP contribution >= 0.6 is 11.6 Å². The molecule has 0 aliphatic rings. The standard InChI is InChI=1S/C19H20ClFN2O/c1-23(2)13-18(14-7-4-3-5-8-14)22-19(24)12-11-15-16(20)9-6-10-17(15)21/h3-12,18H,13H2,1-2H3,(H,22,24)/p+1/b12-11+/t18-/m0/s1. The third kappa shape index (κ3) is 5.18. The number of nitrogens with one attached hydrogen (secondary N) is 2. The lowest BCUT2D eigenvalue weighted by Gasteiger charge is -2.20. The molecule has 0 aliphatic heterocycles. The van der Waals surface area contributed by atoms with E-state index in [1.807, 2.05) is 44.4 Å². The van der Waals surface area contributed by atoms with Crippen LogP contribution in [-0.4, -0.2) is 26.5 Å². The molecule has 0 saturated carbocycles. The van der Waals surface area contributed by atoms with Crippen LogP contribution in [0.15, 0.2) is 54.6 Å². The van der Waals surface area contributed by atoms with Gasteiger partial charge in [0.15, 0.2) is 0 Å².